The molecule has 0 saturated heterocycles. The molecule has 3 N–H and O–H groups in total. The molecule has 1 aromatic carbocycles. The molecule has 144 valence electrons. The summed E-state index contributed by atoms with van der Waals surface area (Å²) in [4.78, 5) is 8.11. The van der Waals surface area contributed by atoms with E-state index in [-0.39, 0.29) is 12.1 Å². The molecule has 0 unspecified atom stereocenters. The Balaban J connectivity index is 1.89. The first-order chi connectivity index (χ1) is 12.5. The van der Waals surface area contributed by atoms with E-state index in [1.54, 1.807) is 7.05 Å². The summed E-state index contributed by atoms with van der Waals surface area (Å²) < 4.78 is 73.0. The van der Waals surface area contributed by atoms with Crippen LogP contribution in [0.25, 0.3) is 11.0 Å². The molecule has 13 heteroatoms. The molecule has 0 aliphatic heterocycles. The number of anilines is 2. The Labute approximate surface area is 151 Å². The Kier molecular flexibility index (Phi) is 4.65. The SMILES string of the molecule is Cn1ncc2c(NCc3ccc(NS(=O)(=O)O)c(C(F)(F)F)c3)ncnc21. The normalized spacial score (nSPS) is 12.3. The Morgan fingerprint density at radius 2 is 2.00 bits per heavy atom. The van der Waals surface area contributed by atoms with Crippen LogP contribution in [-0.2, 0) is 30.1 Å². The molecule has 2 heterocycles. The predicted octanol–water partition coefficient (Wildman–Crippen LogP) is 2.21. The van der Waals surface area contributed by atoms with Gasteiger partial charge in [-0.1, -0.05) is 6.07 Å². The third kappa shape index (κ3) is 4.25. The summed E-state index contributed by atoms with van der Waals surface area (Å²) in [5.41, 5.74) is -1.23. The molecule has 0 amide bonds. The Bertz CT molecular complexity index is 1100. The van der Waals surface area contributed by atoms with Crippen molar-refractivity contribution in [1.29, 1.82) is 0 Å². The van der Waals surface area contributed by atoms with Gasteiger partial charge in [-0.15, -0.1) is 0 Å². The van der Waals surface area contributed by atoms with Gasteiger partial charge in [0, 0.05) is 13.6 Å². The molecule has 0 bridgehead atoms. The number of halogens is 3. The minimum atomic E-state index is -4.84. The fourth-order valence-corrected chi connectivity index (χ4v) is 2.91. The van der Waals surface area contributed by atoms with Crippen LogP contribution in [0.3, 0.4) is 0 Å². The summed E-state index contributed by atoms with van der Waals surface area (Å²) >= 11 is 0. The van der Waals surface area contributed by atoms with Crippen molar-refractivity contribution in [2.75, 3.05) is 10.0 Å². The molecular formula is C14H13F3N6O3S. The fraction of sp³-hybridized carbons (Fsp3) is 0.214. The van der Waals surface area contributed by atoms with Gasteiger partial charge in [0.25, 0.3) is 0 Å². The Morgan fingerprint density at radius 1 is 1.26 bits per heavy atom. The zero-order chi connectivity index (χ0) is 19.8. The van der Waals surface area contributed by atoms with E-state index in [4.69, 9.17) is 4.55 Å². The quantitative estimate of drug-likeness (QED) is 0.559. The highest BCUT2D eigenvalue weighted by molar-refractivity contribution is 7.87. The predicted molar refractivity (Wildman–Crippen MR) is 90.2 cm³/mol. The highest BCUT2D eigenvalue weighted by atomic mass is 32.2. The lowest BCUT2D eigenvalue weighted by molar-refractivity contribution is -0.136. The maximum atomic E-state index is 13.2. The van der Waals surface area contributed by atoms with Crippen molar-refractivity contribution < 1.29 is 26.1 Å². The van der Waals surface area contributed by atoms with Gasteiger partial charge in [0.1, 0.15) is 12.1 Å². The molecule has 0 spiro atoms. The highest BCUT2D eigenvalue weighted by Gasteiger charge is 2.34. The van der Waals surface area contributed by atoms with Crippen LogP contribution in [0.15, 0.2) is 30.7 Å². The number of aryl methyl sites for hydroxylation is 1. The van der Waals surface area contributed by atoms with E-state index in [2.05, 4.69) is 20.4 Å². The van der Waals surface area contributed by atoms with Crippen molar-refractivity contribution in [3.05, 3.63) is 41.9 Å². The molecule has 9 nitrogen and oxygen atoms in total. The first-order valence-corrected chi connectivity index (χ1v) is 8.80. The van der Waals surface area contributed by atoms with E-state index >= 15 is 0 Å². The van der Waals surface area contributed by atoms with E-state index in [1.807, 2.05) is 0 Å². The van der Waals surface area contributed by atoms with Crippen molar-refractivity contribution in [2.45, 2.75) is 12.7 Å². The number of benzene rings is 1. The molecule has 2 aromatic heterocycles. The number of hydrogen-bond donors (Lipinski definition) is 3. The standard InChI is InChI=1S/C14H13F3N6O3S/c1-23-13-9(6-21-23)12(19-7-20-13)18-5-8-2-3-11(22-27(24,25)26)10(4-8)14(15,16)17/h2-4,6-7,22H,5H2,1H3,(H,18,19,20)(H,24,25,26). The molecule has 0 saturated carbocycles. The van der Waals surface area contributed by atoms with Crippen LogP contribution in [-0.4, -0.2) is 32.7 Å². The minimum absolute atomic E-state index is 0.0176. The number of fused-ring (bicyclic) bond motifs is 1. The second kappa shape index (κ2) is 6.66. The summed E-state index contributed by atoms with van der Waals surface area (Å²) in [6.07, 6.45) is -2.00. The van der Waals surface area contributed by atoms with Gasteiger partial charge in [0.05, 0.1) is 22.8 Å². The second-order valence-corrected chi connectivity index (χ2v) is 6.69. The number of nitrogens with one attached hydrogen (secondary N) is 2. The molecule has 3 aromatic rings. The van der Waals surface area contributed by atoms with Crippen LogP contribution in [0, 0.1) is 0 Å². The molecule has 0 radical (unpaired) electrons. The van der Waals surface area contributed by atoms with Crippen molar-refractivity contribution in [3.8, 4) is 0 Å². The zero-order valence-corrected chi connectivity index (χ0v) is 14.5. The smallest absolute Gasteiger partial charge is 0.365 e. The van der Waals surface area contributed by atoms with Crippen molar-refractivity contribution >= 4 is 32.8 Å². The summed E-state index contributed by atoms with van der Waals surface area (Å²) in [7, 11) is -3.15. The van der Waals surface area contributed by atoms with E-state index in [0.717, 1.165) is 12.1 Å². The first kappa shape index (κ1) is 18.8. The van der Waals surface area contributed by atoms with Crippen molar-refractivity contribution in [3.63, 3.8) is 0 Å². The van der Waals surface area contributed by atoms with E-state index in [9.17, 15) is 21.6 Å². The molecule has 3 rings (SSSR count). The summed E-state index contributed by atoms with van der Waals surface area (Å²) in [5.74, 6) is 0.391. The third-order valence-electron chi connectivity index (χ3n) is 3.62. The van der Waals surface area contributed by atoms with Crippen LogP contribution >= 0.6 is 0 Å². The van der Waals surface area contributed by atoms with Gasteiger partial charge < -0.3 is 5.32 Å². The van der Waals surface area contributed by atoms with E-state index in [0.29, 0.717) is 16.9 Å². The Hall–Kier alpha value is -2.93. The highest BCUT2D eigenvalue weighted by Crippen LogP contribution is 2.36. The fourth-order valence-electron chi connectivity index (χ4n) is 2.45. The van der Waals surface area contributed by atoms with Crippen LogP contribution < -0.4 is 10.0 Å². The number of nitrogens with zero attached hydrogens (tertiary/aromatic N) is 4. The second-order valence-electron chi connectivity index (χ2n) is 5.54. The number of aromatic nitrogens is 4. The third-order valence-corrected chi connectivity index (χ3v) is 4.10. The molecule has 0 fully saturated rings. The van der Waals surface area contributed by atoms with E-state index < -0.39 is 27.7 Å². The molecular weight excluding hydrogens is 389 g/mol. The minimum Gasteiger partial charge on any atom is -0.365 e. The topological polar surface area (TPSA) is 122 Å². The first-order valence-electron chi connectivity index (χ1n) is 7.36. The number of hydrogen-bond acceptors (Lipinski definition) is 6. The maximum Gasteiger partial charge on any atom is 0.418 e. The lowest BCUT2D eigenvalue weighted by Crippen LogP contribution is -2.16. The lowest BCUT2D eigenvalue weighted by atomic mass is 10.1. The van der Waals surface area contributed by atoms with E-state index in [1.165, 1.54) is 28.0 Å². The Morgan fingerprint density at radius 3 is 2.67 bits per heavy atom. The average Bonchev–Trinajstić information content (AvgIpc) is 2.93. The summed E-state index contributed by atoms with van der Waals surface area (Å²) in [5, 5.41) is 7.54. The summed E-state index contributed by atoms with van der Waals surface area (Å²) in [6.45, 7) is -0.0176. The number of alkyl halides is 3. The summed E-state index contributed by atoms with van der Waals surface area (Å²) in [6, 6.07) is 2.99. The lowest BCUT2D eigenvalue weighted by Gasteiger charge is -2.15. The van der Waals surface area contributed by atoms with Gasteiger partial charge in [0.15, 0.2) is 5.65 Å². The molecule has 27 heavy (non-hydrogen) atoms. The van der Waals surface area contributed by atoms with Gasteiger partial charge in [-0.2, -0.15) is 26.7 Å². The molecule has 0 aliphatic rings. The van der Waals surface area contributed by atoms with Gasteiger partial charge in [-0.25, -0.2) is 9.97 Å². The molecule has 0 aliphatic carbocycles. The van der Waals surface area contributed by atoms with Gasteiger partial charge in [0.2, 0.25) is 0 Å². The largest absolute Gasteiger partial charge is 0.418 e. The van der Waals surface area contributed by atoms with Gasteiger partial charge in [-0.05, 0) is 17.7 Å². The maximum absolute atomic E-state index is 13.2. The van der Waals surface area contributed by atoms with Crippen LogP contribution in [0.1, 0.15) is 11.1 Å². The van der Waals surface area contributed by atoms with Crippen molar-refractivity contribution in [1.82, 2.24) is 19.7 Å². The van der Waals surface area contributed by atoms with Crippen LogP contribution in [0.2, 0.25) is 0 Å². The number of rotatable bonds is 5. The average molecular weight is 402 g/mol. The van der Waals surface area contributed by atoms with Crippen molar-refractivity contribution in [2.24, 2.45) is 7.05 Å². The van der Waals surface area contributed by atoms with Gasteiger partial charge in [-0.3, -0.25) is 14.0 Å². The zero-order valence-electron chi connectivity index (χ0n) is 13.7. The molecule has 0 atom stereocenters. The van der Waals surface area contributed by atoms with Crippen LogP contribution in [0.4, 0.5) is 24.7 Å². The monoisotopic (exact) mass is 402 g/mol. The van der Waals surface area contributed by atoms with Gasteiger partial charge >= 0.3 is 16.5 Å². The van der Waals surface area contributed by atoms with Crippen LogP contribution in [0.5, 0.6) is 0 Å².